The molecule has 132 valence electrons. The van der Waals surface area contributed by atoms with Crippen LogP contribution in [-0.4, -0.2) is 5.78 Å². The molecule has 2 aliphatic rings. The van der Waals surface area contributed by atoms with Gasteiger partial charge in [0.25, 0.3) is 0 Å². The topological polar surface area (TPSA) is 17.1 Å². The van der Waals surface area contributed by atoms with E-state index in [2.05, 4.69) is 66.7 Å². The summed E-state index contributed by atoms with van der Waals surface area (Å²) in [5, 5.41) is 5.25. The van der Waals surface area contributed by atoms with E-state index in [-0.39, 0.29) is 5.78 Å². The molecule has 0 saturated carbocycles. The molecule has 0 aromatic heterocycles. The molecule has 0 unspecified atom stereocenters. The van der Waals surface area contributed by atoms with Gasteiger partial charge < -0.3 is 0 Å². The highest BCUT2D eigenvalue weighted by molar-refractivity contribution is 6.23. The number of carbonyl (C=O) groups excluding carboxylic acids is 1. The molecule has 1 nitrogen and oxygen atoms in total. The van der Waals surface area contributed by atoms with Crippen molar-refractivity contribution in [2.24, 2.45) is 0 Å². The van der Waals surface area contributed by atoms with E-state index in [9.17, 15) is 4.79 Å². The van der Waals surface area contributed by atoms with Crippen molar-refractivity contribution in [3.63, 3.8) is 0 Å². The number of allylic oxidation sites excluding steroid dienone is 5. The van der Waals surface area contributed by atoms with E-state index in [0.717, 1.165) is 16.7 Å². The lowest BCUT2D eigenvalue weighted by Crippen LogP contribution is -2.00. The molecule has 0 bridgehead atoms. The van der Waals surface area contributed by atoms with Gasteiger partial charge in [-0.05, 0) is 62.5 Å². The fourth-order valence-corrected chi connectivity index (χ4v) is 3.83. The quantitative estimate of drug-likeness (QED) is 0.324. The van der Waals surface area contributed by atoms with Crippen molar-refractivity contribution >= 4 is 39.0 Å². The first-order valence-corrected chi connectivity index (χ1v) is 9.41. The van der Waals surface area contributed by atoms with E-state index >= 15 is 0 Å². The van der Waals surface area contributed by atoms with E-state index in [1.165, 1.54) is 27.1 Å². The Bertz CT molecular complexity index is 1210. The summed E-state index contributed by atoms with van der Waals surface area (Å²) in [6, 6.07) is 29.5. The minimum absolute atomic E-state index is 0.110. The number of rotatable bonds is 0. The molecule has 4 aromatic rings. The van der Waals surface area contributed by atoms with Gasteiger partial charge in [0, 0.05) is 5.57 Å². The van der Waals surface area contributed by atoms with Crippen molar-refractivity contribution in [3.05, 3.63) is 120 Å². The highest BCUT2D eigenvalue weighted by atomic mass is 16.1. The Balaban J connectivity index is 0.000000122. The van der Waals surface area contributed by atoms with Crippen LogP contribution in [0.4, 0.5) is 0 Å². The van der Waals surface area contributed by atoms with Gasteiger partial charge in [0.15, 0.2) is 5.78 Å². The average molecular weight is 358 g/mol. The summed E-state index contributed by atoms with van der Waals surface area (Å²) in [6.45, 7) is 0. The third-order valence-corrected chi connectivity index (χ3v) is 5.23. The van der Waals surface area contributed by atoms with Crippen molar-refractivity contribution < 1.29 is 4.79 Å². The van der Waals surface area contributed by atoms with Gasteiger partial charge in [0.2, 0.25) is 0 Å². The lowest BCUT2D eigenvalue weighted by atomic mass is 9.96. The predicted molar refractivity (Wildman–Crippen MR) is 118 cm³/mol. The van der Waals surface area contributed by atoms with Crippen LogP contribution in [0, 0.1) is 0 Å². The average Bonchev–Trinajstić information content (AvgIpc) is 3.13. The Morgan fingerprint density at radius 2 is 1.11 bits per heavy atom. The molecule has 0 amide bonds. The molecule has 0 aliphatic heterocycles. The fraction of sp³-hybridized carbons (Fsp3) is 0. The highest BCUT2D eigenvalue weighted by Gasteiger charge is 2.23. The van der Waals surface area contributed by atoms with Gasteiger partial charge in [-0.15, -0.1) is 0 Å². The lowest BCUT2D eigenvalue weighted by molar-refractivity contribution is -0.110. The summed E-state index contributed by atoms with van der Waals surface area (Å²) < 4.78 is 0. The Hall–Kier alpha value is -3.71. The van der Waals surface area contributed by atoms with Crippen LogP contribution >= 0.6 is 0 Å². The van der Waals surface area contributed by atoms with Crippen molar-refractivity contribution in [1.29, 1.82) is 0 Å². The Labute approximate surface area is 163 Å². The van der Waals surface area contributed by atoms with Gasteiger partial charge in [0.05, 0.1) is 0 Å². The van der Waals surface area contributed by atoms with Gasteiger partial charge in [0.1, 0.15) is 0 Å². The smallest absolute Gasteiger partial charge is 0.186 e. The molecule has 0 saturated heterocycles. The summed E-state index contributed by atoms with van der Waals surface area (Å²) in [7, 11) is 0. The van der Waals surface area contributed by atoms with E-state index in [4.69, 9.17) is 0 Å². The molecule has 2 aliphatic carbocycles. The number of hydrogen-bond donors (Lipinski definition) is 0. The molecule has 28 heavy (non-hydrogen) atoms. The summed E-state index contributed by atoms with van der Waals surface area (Å²) in [5.41, 5.74) is 4.20. The Morgan fingerprint density at radius 3 is 1.71 bits per heavy atom. The minimum Gasteiger partial charge on any atom is -0.289 e. The Kier molecular flexibility index (Phi) is 3.99. The first-order valence-electron chi connectivity index (χ1n) is 9.41. The zero-order valence-electron chi connectivity index (χ0n) is 15.3. The van der Waals surface area contributed by atoms with Gasteiger partial charge in [-0.3, -0.25) is 4.79 Å². The van der Waals surface area contributed by atoms with Gasteiger partial charge >= 0.3 is 0 Å². The van der Waals surface area contributed by atoms with E-state index in [1.54, 1.807) is 6.08 Å². The van der Waals surface area contributed by atoms with Crippen LogP contribution in [0.1, 0.15) is 11.1 Å². The van der Waals surface area contributed by atoms with Crippen LogP contribution in [0.25, 0.3) is 33.2 Å². The van der Waals surface area contributed by atoms with Gasteiger partial charge in [-0.25, -0.2) is 0 Å². The third kappa shape index (κ3) is 2.87. The van der Waals surface area contributed by atoms with Crippen molar-refractivity contribution in [1.82, 2.24) is 0 Å². The van der Waals surface area contributed by atoms with Crippen molar-refractivity contribution in [2.45, 2.75) is 0 Å². The second-order valence-corrected chi connectivity index (χ2v) is 7.00. The molecular weight excluding hydrogens is 340 g/mol. The first-order chi connectivity index (χ1) is 13.8. The van der Waals surface area contributed by atoms with Crippen LogP contribution < -0.4 is 0 Å². The Morgan fingerprint density at radius 1 is 0.571 bits per heavy atom. The van der Waals surface area contributed by atoms with Crippen molar-refractivity contribution in [2.75, 3.05) is 0 Å². The summed E-state index contributed by atoms with van der Waals surface area (Å²) in [4.78, 5) is 11.5. The van der Waals surface area contributed by atoms with E-state index in [1.807, 2.05) is 36.4 Å². The number of benzene rings is 4. The highest BCUT2D eigenvalue weighted by Crippen LogP contribution is 2.37. The summed E-state index contributed by atoms with van der Waals surface area (Å²) in [6.07, 6.45) is 7.39. The van der Waals surface area contributed by atoms with E-state index in [0.29, 0.717) is 0 Å². The number of carbonyl (C=O) groups is 1. The second kappa shape index (κ2) is 6.79. The second-order valence-electron chi connectivity index (χ2n) is 7.00. The first kappa shape index (κ1) is 16.5. The SMILES string of the molecule is O=C1C=CC=C2C1=Cc1ccccc12.c1ccc2cc3ccccc3cc2c1. The number of fused-ring (bicyclic) bond motifs is 5. The number of hydrogen-bond acceptors (Lipinski definition) is 1. The normalized spacial score (nSPS) is 14.1. The third-order valence-electron chi connectivity index (χ3n) is 5.23. The number of ketones is 1. The van der Waals surface area contributed by atoms with Crippen LogP contribution in [0.2, 0.25) is 0 Å². The van der Waals surface area contributed by atoms with Crippen LogP contribution in [0.3, 0.4) is 0 Å². The molecule has 1 heteroatoms. The largest absolute Gasteiger partial charge is 0.289 e. The van der Waals surface area contributed by atoms with Crippen LogP contribution in [0.5, 0.6) is 0 Å². The molecule has 0 N–H and O–H groups in total. The minimum atomic E-state index is 0.110. The zero-order chi connectivity index (χ0) is 18.9. The van der Waals surface area contributed by atoms with Crippen molar-refractivity contribution in [3.8, 4) is 0 Å². The zero-order valence-corrected chi connectivity index (χ0v) is 15.3. The fourth-order valence-electron chi connectivity index (χ4n) is 3.83. The monoisotopic (exact) mass is 358 g/mol. The maximum Gasteiger partial charge on any atom is 0.186 e. The molecule has 4 aromatic carbocycles. The van der Waals surface area contributed by atoms with E-state index < -0.39 is 0 Å². The molecular formula is C27H18O. The molecule has 0 fully saturated rings. The molecule has 0 spiro atoms. The molecule has 0 radical (unpaired) electrons. The van der Waals surface area contributed by atoms with Gasteiger partial charge in [-0.2, -0.15) is 0 Å². The standard InChI is InChI=1S/C14H10.C13H8O/c1-2-6-12-10-14-8-4-3-7-13(14)9-11(12)5-1;14-13-7-3-6-11-10-5-2-1-4-9(10)8-12(11)13/h1-10H;1-8H. The maximum absolute atomic E-state index is 11.5. The molecule has 0 atom stereocenters. The van der Waals surface area contributed by atoms with Crippen LogP contribution in [-0.2, 0) is 4.79 Å². The van der Waals surface area contributed by atoms with Gasteiger partial charge in [-0.1, -0.05) is 84.9 Å². The molecule has 0 heterocycles. The maximum atomic E-state index is 11.5. The predicted octanol–water partition coefficient (Wildman–Crippen LogP) is 6.60. The summed E-state index contributed by atoms with van der Waals surface area (Å²) >= 11 is 0. The summed E-state index contributed by atoms with van der Waals surface area (Å²) in [5.74, 6) is 0.110. The van der Waals surface area contributed by atoms with Crippen LogP contribution in [0.15, 0.2) is 109 Å². The lowest BCUT2D eigenvalue weighted by Gasteiger charge is -2.06. The molecule has 6 rings (SSSR count).